The van der Waals surface area contributed by atoms with E-state index in [0.717, 1.165) is 24.2 Å². The topological polar surface area (TPSA) is 38.9 Å². The molecule has 0 aliphatic carbocycles. The van der Waals surface area contributed by atoms with Gasteiger partial charge >= 0.3 is 0 Å². The van der Waals surface area contributed by atoms with E-state index < -0.39 is 0 Å². The van der Waals surface area contributed by atoms with Crippen LogP contribution in [0.3, 0.4) is 0 Å². The molecule has 2 N–H and O–H groups in total. The van der Waals surface area contributed by atoms with Gasteiger partial charge < -0.3 is 5.73 Å². The fourth-order valence-electron chi connectivity index (χ4n) is 0.896. The van der Waals surface area contributed by atoms with E-state index in [-0.39, 0.29) is 0 Å². The first-order valence-corrected chi connectivity index (χ1v) is 3.54. The van der Waals surface area contributed by atoms with Gasteiger partial charge in [0, 0.05) is 6.20 Å². The SMILES string of the molecule is CCCc1ncccc1N. The highest BCUT2D eigenvalue weighted by molar-refractivity contribution is 5.41. The molecule has 2 heteroatoms. The van der Waals surface area contributed by atoms with Crippen LogP contribution in [0.2, 0.25) is 0 Å². The van der Waals surface area contributed by atoms with Gasteiger partial charge in [-0.2, -0.15) is 0 Å². The van der Waals surface area contributed by atoms with Gasteiger partial charge in [-0.15, -0.1) is 0 Å². The molecule has 0 radical (unpaired) electrons. The van der Waals surface area contributed by atoms with E-state index in [9.17, 15) is 0 Å². The molecule has 0 aromatic carbocycles. The van der Waals surface area contributed by atoms with Crippen LogP contribution >= 0.6 is 0 Å². The molecule has 1 rings (SSSR count). The van der Waals surface area contributed by atoms with E-state index >= 15 is 0 Å². The average Bonchev–Trinajstić information content (AvgIpc) is 1.94. The largest absolute Gasteiger partial charge is 0.397 e. The van der Waals surface area contributed by atoms with E-state index in [1.165, 1.54) is 0 Å². The monoisotopic (exact) mass is 136 g/mol. The second kappa shape index (κ2) is 3.20. The predicted molar refractivity (Wildman–Crippen MR) is 42.6 cm³/mol. The van der Waals surface area contributed by atoms with Crippen LogP contribution < -0.4 is 5.73 Å². The van der Waals surface area contributed by atoms with Crippen molar-refractivity contribution in [2.75, 3.05) is 5.73 Å². The van der Waals surface area contributed by atoms with Crippen LogP contribution in [0.5, 0.6) is 0 Å². The maximum absolute atomic E-state index is 5.64. The molecular weight excluding hydrogens is 124 g/mol. The zero-order valence-corrected chi connectivity index (χ0v) is 6.17. The Balaban J connectivity index is 2.81. The van der Waals surface area contributed by atoms with Gasteiger partial charge in [-0.1, -0.05) is 13.3 Å². The smallest absolute Gasteiger partial charge is 0.0632 e. The molecule has 0 fully saturated rings. The van der Waals surface area contributed by atoms with Gasteiger partial charge in [0.2, 0.25) is 0 Å². The van der Waals surface area contributed by atoms with Gasteiger partial charge in [-0.25, -0.2) is 0 Å². The molecule has 10 heavy (non-hydrogen) atoms. The van der Waals surface area contributed by atoms with Gasteiger partial charge in [0.05, 0.1) is 11.4 Å². The van der Waals surface area contributed by atoms with Crippen molar-refractivity contribution < 1.29 is 0 Å². The molecule has 0 aliphatic rings. The number of hydrogen-bond donors (Lipinski definition) is 1. The number of hydrogen-bond acceptors (Lipinski definition) is 2. The number of rotatable bonds is 2. The predicted octanol–water partition coefficient (Wildman–Crippen LogP) is 1.62. The molecule has 0 atom stereocenters. The summed E-state index contributed by atoms with van der Waals surface area (Å²) in [4.78, 5) is 4.14. The number of aromatic nitrogens is 1. The first-order chi connectivity index (χ1) is 4.84. The minimum absolute atomic E-state index is 0.810. The van der Waals surface area contributed by atoms with E-state index in [1.54, 1.807) is 6.20 Å². The van der Waals surface area contributed by atoms with Crippen LogP contribution in [0.1, 0.15) is 19.0 Å². The molecule has 2 nitrogen and oxygen atoms in total. The highest BCUT2D eigenvalue weighted by Gasteiger charge is 1.95. The normalized spacial score (nSPS) is 9.70. The standard InChI is InChI=1S/C8H12N2/c1-2-4-8-7(9)5-3-6-10-8/h3,5-6H,2,4,9H2,1H3. The molecule has 0 spiro atoms. The molecule has 1 aromatic rings. The van der Waals surface area contributed by atoms with E-state index in [1.807, 2.05) is 12.1 Å². The van der Waals surface area contributed by atoms with Crippen LogP contribution in [0.4, 0.5) is 5.69 Å². The van der Waals surface area contributed by atoms with Crippen molar-refractivity contribution >= 4 is 5.69 Å². The van der Waals surface area contributed by atoms with E-state index in [4.69, 9.17) is 5.73 Å². The third kappa shape index (κ3) is 1.47. The lowest BCUT2D eigenvalue weighted by Gasteiger charge is -1.99. The Morgan fingerprint density at radius 2 is 2.40 bits per heavy atom. The van der Waals surface area contributed by atoms with Crippen molar-refractivity contribution in [1.82, 2.24) is 4.98 Å². The summed E-state index contributed by atoms with van der Waals surface area (Å²) < 4.78 is 0. The van der Waals surface area contributed by atoms with Crippen LogP contribution in [-0.2, 0) is 6.42 Å². The van der Waals surface area contributed by atoms with Gasteiger partial charge in [0.25, 0.3) is 0 Å². The Hall–Kier alpha value is -1.05. The molecule has 0 amide bonds. The van der Waals surface area contributed by atoms with Crippen molar-refractivity contribution in [1.29, 1.82) is 0 Å². The highest BCUT2D eigenvalue weighted by atomic mass is 14.7. The number of anilines is 1. The Morgan fingerprint density at radius 1 is 1.60 bits per heavy atom. The third-order valence-electron chi connectivity index (χ3n) is 1.41. The summed E-state index contributed by atoms with van der Waals surface area (Å²) in [7, 11) is 0. The Labute approximate surface area is 61.1 Å². The molecule has 0 bridgehead atoms. The second-order valence-electron chi connectivity index (χ2n) is 2.29. The van der Waals surface area contributed by atoms with Crippen molar-refractivity contribution in [3.05, 3.63) is 24.0 Å². The number of nitrogens with zero attached hydrogens (tertiary/aromatic N) is 1. The van der Waals surface area contributed by atoms with Gasteiger partial charge in [-0.05, 0) is 18.6 Å². The minimum atomic E-state index is 0.810. The Kier molecular flexibility index (Phi) is 2.26. The lowest BCUT2D eigenvalue weighted by atomic mass is 10.2. The number of nitrogen functional groups attached to an aromatic ring is 1. The van der Waals surface area contributed by atoms with Crippen molar-refractivity contribution in [2.24, 2.45) is 0 Å². The average molecular weight is 136 g/mol. The van der Waals surface area contributed by atoms with Crippen LogP contribution in [0.15, 0.2) is 18.3 Å². The molecule has 0 aliphatic heterocycles. The fourth-order valence-corrected chi connectivity index (χ4v) is 0.896. The molecule has 1 heterocycles. The summed E-state index contributed by atoms with van der Waals surface area (Å²) in [5.74, 6) is 0. The third-order valence-corrected chi connectivity index (χ3v) is 1.41. The lowest BCUT2D eigenvalue weighted by molar-refractivity contribution is 0.886. The van der Waals surface area contributed by atoms with Crippen LogP contribution in [0, 0.1) is 0 Å². The van der Waals surface area contributed by atoms with Gasteiger partial charge in [0.15, 0.2) is 0 Å². The van der Waals surface area contributed by atoms with Crippen molar-refractivity contribution in [3.8, 4) is 0 Å². The first kappa shape index (κ1) is 7.06. The molecule has 1 aromatic heterocycles. The van der Waals surface area contributed by atoms with Gasteiger partial charge in [-0.3, -0.25) is 4.98 Å². The maximum Gasteiger partial charge on any atom is 0.0632 e. The van der Waals surface area contributed by atoms with Crippen molar-refractivity contribution in [2.45, 2.75) is 19.8 Å². The fraction of sp³-hybridized carbons (Fsp3) is 0.375. The lowest BCUT2D eigenvalue weighted by Crippen LogP contribution is -1.95. The van der Waals surface area contributed by atoms with Crippen LogP contribution in [0.25, 0.3) is 0 Å². The summed E-state index contributed by atoms with van der Waals surface area (Å²) in [5.41, 5.74) is 7.47. The highest BCUT2D eigenvalue weighted by Crippen LogP contribution is 2.08. The summed E-state index contributed by atoms with van der Waals surface area (Å²) in [6.45, 7) is 2.12. The number of nitrogens with two attached hydrogens (primary N) is 1. The Bertz CT molecular complexity index is 208. The van der Waals surface area contributed by atoms with Gasteiger partial charge in [0.1, 0.15) is 0 Å². The molecule has 54 valence electrons. The zero-order valence-electron chi connectivity index (χ0n) is 6.17. The minimum Gasteiger partial charge on any atom is -0.397 e. The summed E-state index contributed by atoms with van der Waals surface area (Å²) in [6.07, 6.45) is 3.86. The maximum atomic E-state index is 5.64. The molecule has 0 unspecified atom stereocenters. The summed E-state index contributed by atoms with van der Waals surface area (Å²) >= 11 is 0. The quantitative estimate of drug-likeness (QED) is 0.671. The van der Waals surface area contributed by atoms with Crippen LogP contribution in [-0.4, -0.2) is 4.98 Å². The van der Waals surface area contributed by atoms with E-state index in [2.05, 4.69) is 11.9 Å². The Morgan fingerprint density at radius 3 is 3.00 bits per heavy atom. The summed E-state index contributed by atoms with van der Waals surface area (Å²) in [6, 6.07) is 3.74. The first-order valence-electron chi connectivity index (χ1n) is 3.54. The van der Waals surface area contributed by atoms with E-state index in [0.29, 0.717) is 0 Å². The molecular formula is C8H12N2. The van der Waals surface area contributed by atoms with Crippen molar-refractivity contribution in [3.63, 3.8) is 0 Å². The second-order valence-corrected chi connectivity index (χ2v) is 2.29. The zero-order chi connectivity index (χ0) is 7.40. The molecule has 0 saturated carbocycles. The number of pyridine rings is 1. The summed E-state index contributed by atoms with van der Waals surface area (Å²) in [5, 5.41) is 0. The molecule has 0 saturated heterocycles. The number of aryl methyl sites for hydroxylation is 1.